The lowest BCUT2D eigenvalue weighted by Gasteiger charge is -2.35. The van der Waals surface area contributed by atoms with E-state index in [1.807, 2.05) is 6.92 Å². The van der Waals surface area contributed by atoms with Gasteiger partial charge in [-0.15, -0.1) is 0 Å². The molecular weight excluding hydrogens is 258 g/mol. The Morgan fingerprint density at radius 2 is 2.00 bits per heavy atom. The minimum Gasteiger partial charge on any atom is -0.480 e. The normalized spacial score (nSPS) is 17.9. The number of aliphatic carboxylic acids is 1. The number of anilines is 1. The predicted octanol–water partition coefficient (Wildman–Crippen LogP) is -0.339. The van der Waals surface area contributed by atoms with E-state index in [-0.39, 0.29) is 0 Å². The fraction of sp³-hybridized carbons (Fsp3) is 0.615. The molecule has 1 fully saturated rings. The number of nitrogens with zero attached hydrogens (tertiary/aromatic N) is 4. The van der Waals surface area contributed by atoms with Gasteiger partial charge in [0.25, 0.3) is 0 Å². The number of likely N-dealkylation sites (N-methyl/N-ethyl adjacent to an activating group) is 1. The van der Waals surface area contributed by atoms with Crippen molar-refractivity contribution in [2.45, 2.75) is 13.0 Å². The van der Waals surface area contributed by atoms with Gasteiger partial charge in [0.1, 0.15) is 6.04 Å². The third-order valence-electron chi connectivity index (χ3n) is 3.40. The smallest absolute Gasteiger partial charge is 0.322 e. The number of carboxylic acid groups (broad SMARTS) is 1. The number of carboxylic acids is 1. The molecule has 2 N–H and O–H groups in total. The summed E-state index contributed by atoms with van der Waals surface area (Å²) in [5, 5.41) is 12.1. The molecule has 2 rings (SSSR count). The first-order valence-corrected chi connectivity index (χ1v) is 6.91. The van der Waals surface area contributed by atoms with Crippen molar-refractivity contribution in [3.05, 3.63) is 18.5 Å². The highest BCUT2D eigenvalue weighted by atomic mass is 16.4. The van der Waals surface area contributed by atoms with Crippen molar-refractivity contribution < 1.29 is 9.90 Å². The zero-order valence-corrected chi connectivity index (χ0v) is 11.7. The average Bonchev–Trinajstić information content (AvgIpc) is 2.48. The van der Waals surface area contributed by atoms with E-state index in [0.717, 1.165) is 32.1 Å². The Labute approximate surface area is 118 Å². The molecule has 1 unspecified atom stereocenters. The Morgan fingerprint density at radius 1 is 1.35 bits per heavy atom. The van der Waals surface area contributed by atoms with Crippen LogP contribution >= 0.6 is 0 Å². The first-order chi connectivity index (χ1) is 9.70. The molecular formula is C13H21N5O2. The van der Waals surface area contributed by atoms with Crippen molar-refractivity contribution >= 4 is 11.9 Å². The number of hydrogen-bond donors (Lipinski definition) is 2. The monoisotopic (exact) mass is 279 g/mol. The van der Waals surface area contributed by atoms with E-state index in [1.54, 1.807) is 18.5 Å². The van der Waals surface area contributed by atoms with Gasteiger partial charge in [0.05, 0.1) is 0 Å². The molecule has 1 aliphatic heterocycles. The summed E-state index contributed by atoms with van der Waals surface area (Å²) in [5.41, 5.74) is 0. The van der Waals surface area contributed by atoms with Crippen LogP contribution in [0.4, 0.5) is 5.95 Å². The van der Waals surface area contributed by atoms with Crippen LogP contribution in [0.2, 0.25) is 0 Å². The van der Waals surface area contributed by atoms with Gasteiger partial charge in [0, 0.05) is 45.1 Å². The fourth-order valence-corrected chi connectivity index (χ4v) is 2.32. The maximum atomic E-state index is 11.1. The number of rotatable bonds is 6. The second-order valence-corrected chi connectivity index (χ2v) is 4.78. The summed E-state index contributed by atoms with van der Waals surface area (Å²) in [5.74, 6) is -0.0470. The number of piperazine rings is 1. The standard InChI is InChI=1S/C13H21N5O2/c1-2-14-11(12(19)20)10-17-6-8-18(9-7-17)13-15-4-3-5-16-13/h3-5,11,14H,2,6-10H2,1H3,(H,19,20). The molecule has 1 saturated heterocycles. The van der Waals surface area contributed by atoms with E-state index in [4.69, 9.17) is 5.11 Å². The van der Waals surface area contributed by atoms with Crippen LogP contribution in [-0.2, 0) is 4.79 Å². The molecule has 110 valence electrons. The van der Waals surface area contributed by atoms with Crippen LogP contribution in [0.15, 0.2) is 18.5 Å². The summed E-state index contributed by atoms with van der Waals surface area (Å²) in [6, 6.07) is 1.30. The van der Waals surface area contributed by atoms with Gasteiger partial charge in [0.2, 0.25) is 5.95 Å². The van der Waals surface area contributed by atoms with Crippen LogP contribution in [0.5, 0.6) is 0 Å². The molecule has 0 amide bonds. The summed E-state index contributed by atoms with van der Waals surface area (Å²) >= 11 is 0. The van der Waals surface area contributed by atoms with Gasteiger partial charge < -0.3 is 15.3 Å². The minimum atomic E-state index is -0.791. The van der Waals surface area contributed by atoms with Gasteiger partial charge in [-0.3, -0.25) is 9.69 Å². The Morgan fingerprint density at radius 3 is 2.55 bits per heavy atom. The van der Waals surface area contributed by atoms with Gasteiger partial charge in [-0.1, -0.05) is 6.92 Å². The molecule has 7 heteroatoms. The Bertz CT molecular complexity index is 420. The lowest BCUT2D eigenvalue weighted by molar-refractivity contribution is -0.140. The molecule has 0 radical (unpaired) electrons. The van der Waals surface area contributed by atoms with Crippen molar-refractivity contribution in [1.82, 2.24) is 20.2 Å². The molecule has 0 bridgehead atoms. The number of aromatic nitrogens is 2. The van der Waals surface area contributed by atoms with Gasteiger partial charge in [-0.2, -0.15) is 0 Å². The summed E-state index contributed by atoms with van der Waals surface area (Å²) in [7, 11) is 0. The van der Waals surface area contributed by atoms with E-state index < -0.39 is 12.0 Å². The molecule has 0 aliphatic carbocycles. The molecule has 0 spiro atoms. The quantitative estimate of drug-likeness (QED) is 0.737. The Kier molecular flexibility index (Phi) is 5.25. The molecule has 1 atom stereocenters. The van der Waals surface area contributed by atoms with Crippen molar-refractivity contribution in [2.75, 3.05) is 44.2 Å². The van der Waals surface area contributed by atoms with Crippen molar-refractivity contribution in [3.8, 4) is 0 Å². The topological polar surface area (TPSA) is 81.6 Å². The second-order valence-electron chi connectivity index (χ2n) is 4.78. The first kappa shape index (κ1) is 14.7. The zero-order chi connectivity index (χ0) is 14.4. The van der Waals surface area contributed by atoms with Crippen LogP contribution in [0, 0.1) is 0 Å². The fourth-order valence-electron chi connectivity index (χ4n) is 2.32. The van der Waals surface area contributed by atoms with E-state index in [1.165, 1.54) is 0 Å². The van der Waals surface area contributed by atoms with Gasteiger partial charge in [-0.05, 0) is 12.6 Å². The van der Waals surface area contributed by atoms with Crippen LogP contribution in [0.1, 0.15) is 6.92 Å². The lowest BCUT2D eigenvalue weighted by atomic mass is 10.2. The molecule has 1 aromatic heterocycles. The van der Waals surface area contributed by atoms with E-state index in [2.05, 4.69) is 25.1 Å². The molecule has 2 heterocycles. The number of hydrogen-bond acceptors (Lipinski definition) is 6. The summed E-state index contributed by atoms with van der Waals surface area (Å²) in [4.78, 5) is 23.9. The molecule has 1 aliphatic rings. The minimum absolute atomic E-state index is 0.500. The van der Waals surface area contributed by atoms with Gasteiger partial charge in [0.15, 0.2) is 0 Å². The highest BCUT2D eigenvalue weighted by Crippen LogP contribution is 2.09. The largest absolute Gasteiger partial charge is 0.480 e. The summed E-state index contributed by atoms with van der Waals surface area (Å²) in [6.45, 7) is 6.41. The molecule has 0 saturated carbocycles. The maximum absolute atomic E-state index is 11.1. The van der Waals surface area contributed by atoms with Crippen molar-refractivity contribution in [2.24, 2.45) is 0 Å². The van der Waals surface area contributed by atoms with Gasteiger partial charge >= 0.3 is 5.97 Å². The van der Waals surface area contributed by atoms with Crippen LogP contribution in [0.25, 0.3) is 0 Å². The average molecular weight is 279 g/mol. The molecule has 20 heavy (non-hydrogen) atoms. The van der Waals surface area contributed by atoms with Crippen molar-refractivity contribution in [3.63, 3.8) is 0 Å². The molecule has 0 aromatic carbocycles. The van der Waals surface area contributed by atoms with Gasteiger partial charge in [-0.25, -0.2) is 9.97 Å². The highest BCUT2D eigenvalue weighted by molar-refractivity contribution is 5.73. The van der Waals surface area contributed by atoms with Crippen LogP contribution in [-0.4, -0.2) is 71.3 Å². The second kappa shape index (κ2) is 7.16. The SMILES string of the molecule is CCNC(CN1CCN(c2ncccn2)CC1)C(=O)O. The Balaban J connectivity index is 1.83. The Hall–Kier alpha value is -1.73. The number of carbonyl (C=O) groups is 1. The zero-order valence-electron chi connectivity index (χ0n) is 11.7. The van der Waals surface area contributed by atoms with E-state index in [0.29, 0.717) is 13.1 Å². The lowest BCUT2D eigenvalue weighted by Crippen LogP contribution is -2.53. The van der Waals surface area contributed by atoms with E-state index >= 15 is 0 Å². The predicted molar refractivity (Wildman–Crippen MR) is 75.8 cm³/mol. The summed E-state index contributed by atoms with van der Waals surface area (Å²) in [6.07, 6.45) is 3.47. The van der Waals surface area contributed by atoms with Crippen LogP contribution in [0.3, 0.4) is 0 Å². The van der Waals surface area contributed by atoms with Crippen LogP contribution < -0.4 is 10.2 Å². The third kappa shape index (κ3) is 3.88. The first-order valence-electron chi connectivity index (χ1n) is 6.91. The number of nitrogens with one attached hydrogen (secondary N) is 1. The maximum Gasteiger partial charge on any atom is 0.322 e. The van der Waals surface area contributed by atoms with Crippen molar-refractivity contribution in [1.29, 1.82) is 0 Å². The third-order valence-corrected chi connectivity index (χ3v) is 3.40. The molecule has 7 nitrogen and oxygen atoms in total. The van der Waals surface area contributed by atoms with E-state index in [9.17, 15) is 4.79 Å². The molecule has 1 aromatic rings. The summed E-state index contributed by atoms with van der Waals surface area (Å²) < 4.78 is 0. The highest BCUT2D eigenvalue weighted by Gasteiger charge is 2.24.